The van der Waals surface area contributed by atoms with Crippen molar-refractivity contribution in [2.45, 2.75) is 33.6 Å². The van der Waals surface area contributed by atoms with Crippen LogP contribution in [0.4, 0.5) is 5.13 Å². The second-order valence-corrected chi connectivity index (χ2v) is 7.76. The van der Waals surface area contributed by atoms with Crippen LogP contribution >= 0.6 is 11.3 Å². The number of hydrogen-bond acceptors (Lipinski definition) is 4. The molecule has 0 saturated heterocycles. The van der Waals surface area contributed by atoms with Crippen LogP contribution in [0.3, 0.4) is 0 Å². The SMILES string of the molecule is Cc1ccc(OCCCC(=O)Nc2nc(-c3ccccc3)c(C)s2)c(C)c1. The van der Waals surface area contributed by atoms with Gasteiger partial charge in [0.2, 0.25) is 5.91 Å². The van der Waals surface area contributed by atoms with Gasteiger partial charge in [-0.2, -0.15) is 0 Å². The van der Waals surface area contributed by atoms with E-state index in [4.69, 9.17) is 4.74 Å². The van der Waals surface area contributed by atoms with Crippen LogP contribution in [0.2, 0.25) is 0 Å². The summed E-state index contributed by atoms with van der Waals surface area (Å²) in [4.78, 5) is 17.9. The van der Waals surface area contributed by atoms with Crippen LogP contribution in [-0.2, 0) is 4.79 Å². The van der Waals surface area contributed by atoms with Crippen LogP contribution in [0.1, 0.15) is 28.8 Å². The van der Waals surface area contributed by atoms with Gasteiger partial charge in [-0.05, 0) is 38.8 Å². The number of anilines is 1. The van der Waals surface area contributed by atoms with Crippen molar-refractivity contribution in [3.63, 3.8) is 0 Å². The minimum absolute atomic E-state index is 0.0346. The molecular formula is C22H24N2O2S. The standard InChI is InChI=1S/C22H24N2O2S/c1-15-11-12-19(16(2)14-15)26-13-7-10-20(25)23-22-24-21(17(3)27-22)18-8-5-4-6-9-18/h4-6,8-9,11-12,14H,7,10,13H2,1-3H3,(H,23,24,25). The average Bonchev–Trinajstić information content (AvgIpc) is 3.01. The molecule has 5 heteroatoms. The van der Waals surface area contributed by atoms with Gasteiger partial charge in [-0.1, -0.05) is 48.0 Å². The number of rotatable bonds is 7. The highest BCUT2D eigenvalue weighted by molar-refractivity contribution is 7.16. The largest absolute Gasteiger partial charge is 0.493 e. The van der Waals surface area contributed by atoms with Gasteiger partial charge in [0.25, 0.3) is 0 Å². The Hall–Kier alpha value is -2.66. The zero-order valence-corrected chi connectivity index (χ0v) is 16.7. The summed E-state index contributed by atoms with van der Waals surface area (Å²) in [6.07, 6.45) is 1.07. The Kier molecular flexibility index (Phi) is 6.24. The summed E-state index contributed by atoms with van der Waals surface area (Å²) in [6.45, 7) is 6.63. The van der Waals surface area contributed by atoms with Gasteiger partial charge in [-0.15, -0.1) is 11.3 Å². The van der Waals surface area contributed by atoms with Crippen molar-refractivity contribution >= 4 is 22.4 Å². The first kappa shape index (κ1) is 19.1. The molecule has 0 spiro atoms. The van der Waals surface area contributed by atoms with E-state index in [1.165, 1.54) is 16.9 Å². The Balaban J connectivity index is 1.48. The number of nitrogens with one attached hydrogen (secondary N) is 1. The molecule has 0 aliphatic carbocycles. The lowest BCUT2D eigenvalue weighted by molar-refractivity contribution is -0.116. The maximum absolute atomic E-state index is 12.2. The van der Waals surface area contributed by atoms with Crippen molar-refractivity contribution in [3.05, 3.63) is 64.5 Å². The van der Waals surface area contributed by atoms with Crippen LogP contribution < -0.4 is 10.1 Å². The highest BCUT2D eigenvalue weighted by Crippen LogP contribution is 2.30. The van der Waals surface area contributed by atoms with E-state index in [1.54, 1.807) is 0 Å². The van der Waals surface area contributed by atoms with Gasteiger partial charge in [0.05, 0.1) is 12.3 Å². The van der Waals surface area contributed by atoms with Gasteiger partial charge in [-0.3, -0.25) is 4.79 Å². The monoisotopic (exact) mass is 380 g/mol. The van der Waals surface area contributed by atoms with E-state index < -0.39 is 0 Å². The second kappa shape index (κ2) is 8.82. The lowest BCUT2D eigenvalue weighted by atomic mass is 10.1. The van der Waals surface area contributed by atoms with Gasteiger partial charge in [0, 0.05) is 16.9 Å². The second-order valence-electron chi connectivity index (χ2n) is 6.56. The number of carbonyl (C=O) groups excluding carboxylic acids is 1. The molecule has 0 bridgehead atoms. The van der Waals surface area contributed by atoms with Gasteiger partial charge in [0.1, 0.15) is 5.75 Å². The molecule has 1 heterocycles. The molecule has 140 valence electrons. The third-order valence-electron chi connectivity index (χ3n) is 4.23. The lowest BCUT2D eigenvalue weighted by Crippen LogP contribution is -2.12. The number of amides is 1. The van der Waals surface area contributed by atoms with Crippen LogP contribution in [0.15, 0.2) is 48.5 Å². The minimum Gasteiger partial charge on any atom is -0.493 e. The highest BCUT2D eigenvalue weighted by atomic mass is 32.1. The zero-order valence-electron chi connectivity index (χ0n) is 15.9. The van der Waals surface area contributed by atoms with Crippen LogP contribution in [0, 0.1) is 20.8 Å². The Labute approximate surface area is 164 Å². The smallest absolute Gasteiger partial charge is 0.226 e. The number of benzene rings is 2. The summed E-state index contributed by atoms with van der Waals surface area (Å²) in [5, 5.41) is 3.55. The van der Waals surface area contributed by atoms with E-state index in [1.807, 2.05) is 56.3 Å². The predicted molar refractivity (Wildman–Crippen MR) is 112 cm³/mol. The van der Waals surface area contributed by atoms with E-state index in [2.05, 4.69) is 23.3 Å². The first-order valence-electron chi connectivity index (χ1n) is 9.05. The highest BCUT2D eigenvalue weighted by Gasteiger charge is 2.12. The maximum atomic E-state index is 12.2. The van der Waals surface area contributed by atoms with Gasteiger partial charge < -0.3 is 10.1 Å². The van der Waals surface area contributed by atoms with Crippen molar-refractivity contribution in [2.75, 3.05) is 11.9 Å². The first-order chi connectivity index (χ1) is 13.0. The van der Waals surface area contributed by atoms with Crippen LogP contribution in [0.25, 0.3) is 11.3 Å². The molecule has 1 amide bonds. The molecule has 0 unspecified atom stereocenters. The van der Waals surface area contributed by atoms with Crippen molar-refractivity contribution < 1.29 is 9.53 Å². The summed E-state index contributed by atoms with van der Waals surface area (Å²) in [5.41, 5.74) is 4.32. The number of hydrogen-bond donors (Lipinski definition) is 1. The molecule has 1 aromatic heterocycles. The summed E-state index contributed by atoms with van der Waals surface area (Å²) in [5.74, 6) is 0.844. The third-order valence-corrected chi connectivity index (χ3v) is 5.11. The molecule has 0 saturated carbocycles. The summed E-state index contributed by atoms with van der Waals surface area (Å²) >= 11 is 1.50. The topological polar surface area (TPSA) is 51.2 Å². The maximum Gasteiger partial charge on any atom is 0.226 e. The fraction of sp³-hybridized carbons (Fsp3) is 0.273. The van der Waals surface area contributed by atoms with Crippen LogP contribution in [0.5, 0.6) is 5.75 Å². The third kappa shape index (κ3) is 5.17. The number of aromatic nitrogens is 1. The van der Waals surface area contributed by atoms with Gasteiger partial charge in [0.15, 0.2) is 5.13 Å². The molecule has 0 atom stereocenters. The summed E-state index contributed by atoms with van der Waals surface area (Å²) < 4.78 is 5.78. The number of aryl methyl sites for hydroxylation is 3. The Bertz CT molecular complexity index is 919. The predicted octanol–water partition coefficient (Wildman–Crippen LogP) is 5.53. The van der Waals surface area contributed by atoms with E-state index in [-0.39, 0.29) is 5.91 Å². The quantitative estimate of drug-likeness (QED) is 0.548. The number of ether oxygens (including phenoxy) is 1. The normalized spacial score (nSPS) is 10.6. The molecule has 27 heavy (non-hydrogen) atoms. The lowest BCUT2D eigenvalue weighted by Gasteiger charge is -2.09. The molecule has 0 aliphatic rings. The first-order valence-corrected chi connectivity index (χ1v) is 9.87. The van der Waals surface area contributed by atoms with E-state index in [0.29, 0.717) is 24.6 Å². The molecule has 3 rings (SSSR count). The number of thiazole rings is 1. The zero-order chi connectivity index (χ0) is 19.2. The van der Waals surface area contributed by atoms with Crippen molar-refractivity contribution in [1.29, 1.82) is 0 Å². The molecule has 0 radical (unpaired) electrons. The Morgan fingerprint density at radius 3 is 2.63 bits per heavy atom. The van der Waals surface area contributed by atoms with E-state index >= 15 is 0 Å². The van der Waals surface area contributed by atoms with Gasteiger partial charge in [-0.25, -0.2) is 4.98 Å². The summed E-state index contributed by atoms with van der Waals surface area (Å²) in [7, 11) is 0. The molecule has 0 fully saturated rings. The van der Waals surface area contributed by atoms with Crippen molar-refractivity contribution in [3.8, 4) is 17.0 Å². The fourth-order valence-corrected chi connectivity index (χ4v) is 3.72. The van der Waals surface area contributed by atoms with Crippen LogP contribution in [-0.4, -0.2) is 17.5 Å². The van der Waals surface area contributed by atoms with Crippen molar-refractivity contribution in [1.82, 2.24) is 4.98 Å². The fourth-order valence-electron chi connectivity index (χ4n) is 2.87. The molecule has 4 nitrogen and oxygen atoms in total. The van der Waals surface area contributed by atoms with E-state index in [9.17, 15) is 4.79 Å². The molecule has 3 aromatic rings. The summed E-state index contributed by atoms with van der Waals surface area (Å²) in [6, 6.07) is 16.1. The molecule has 0 aliphatic heterocycles. The Morgan fingerprint density at radius 1 is 1.11 bits per heavy atom. The average molecular weight is 381 g/mol. The molecule has 2 aromatic carbocycles. The Morgan fingerprint density at radius 2 is 1.89 bits per heavy atom. The molecule has 1 N–H and O–H groups in total. The minimum atomic E-state index is -0.0346. The van der Waals surface area contributed by atoms with E-state index in [0.717, 1.165) is 27.4 Å². The van der Waals surface area contributed by atoms with Gasteiger partial charge >= 0.3 is 0 Å². The number of carbonyl (C=O) groups is 1. The molecular weight excluding hydrogens is 356 g/mol. The van der Waals surface area contributed by atoms with Crippen molar-refractivity contribution in [2.24, 2.45) is 0 Å². The number of nitrogens with zero attached hydrogens (tertiary/aromatic N) is 1.